The van der Waals surface area contributed by atoms with Gasteiger partial charge in [0.25, 0.3) is 0 Å². The Bertz CT molecular complexity index is 2290. The number of amides is 4. The molecular weight excluding hydrogens is 749 g/mol. The van der Waals surface area contributed by atoms with E-state index in [1.807, 2.05) is 86.2 Å². The number of H-pyrrole nitrogens is 2. The number of carbonyl (C=O) groups is 4. The maximum Gasteiger partial charge on any atom is 0.407 e. The van der Waals surface area contributed by atoms with Crippen molar-refractivity contribution in [2.24, 2.45) is 29.1 Å². The SMILES string of the molecule is COC(=O)N[C@H](C(=O)N1CC(C2CC2)C[C@H]1c1ncc(-c2ccc(C#Cc3ccc4nc([C@@H]5CC6(CC6)CN5C(=O)[C@H](NC(=O)OC)C(C)C)[nH]c4c3)cc2)[nH]1)C(C)C. The second-order valence-corrected chi connectivity index (χ2v) is 17.6. The third-order valence-electron chi connectivity index (χ3n) is 12.7. The average Bonchev–Trinajstić information content (AvgIpc) is 3.95. The third kappa shape index (κ3) is 8.38. The van der Waals surface area contributed by atoms with Gasteiger partial charge < -0.3 is 39.9 Å². The summed E-state index contributed by atoms with van der Waals surface area (Å²) in [6.07, 6.45) is 6.78. The highest BCUT2D eigenvalue weighted by molar-refractivity contribution is 5.87. The van der Waals surface area contributed by atoms with Gasteiger partial charge in [-0.3, -0.25) is 9.59 Å². The molecule has 14 nitrogen and oxygen atoms in total. The minimum absolute atomic E-state index is 0.109. The number of nitrogens with zero attached hydrogens (tertiary/aromatic N) is 4. The van der Waals surface area contributed by atoms with Crippen LogP contribution in [0.3, 0.4) is 0 Å². The minimum Gasteiger partial charge on any atom is -0.453 e. The highest BCUT2D eigenvalue weighted by Crippen LogP contribution is 2.58. The van der Waals surface area contributed by atoms with Gasteiger partial charge in [-0.1, -0.05) is 51.7 Å². The van der Waals surface area contributed by atoms with Gasteiger partial charge in [-0.05, 0) is 104 Å². The first-order valence-electron chi connectivity index (χ1n) is 20.8. The predicted octanol–water partition coefficient (Wildman–Crippen LogP) is 6.47. The van der Waals surface area contributed by atoms with Gasteiger partial charge in [0.2, 0.25) is 11.8 Å². The molecule has 2 saturated carbocycles. The smallest absolute Gasteiger partial charge is 0.407 e. The molecule has 4 fully saturated rings. The molecule has 4 aromatic rings. The first kappa shape index (κ1) is 40.0. The number of carbonyl (C=O) groups excluding carboxylic acids is 4. The fourth-order valence-corrected chi connectivity index (χ4v) is 8.90. The van der Waals surface area contributed by atoms with E-state index in [-0.39, 0.29) is 41.1 Å². The van der Waals surface area contributed by atoms with Gasteiger partial charge in [0, 0.05) is 24.2 Å². The van der Waals surface area contributed by atoms with Crippen LogP contribution < -0.4 is 10.6 Å². The van der Waals surface area contributed by atoms with Gasteiger partial charge in [0.1, 0.15) is 23.7 Å². The van der Waals surface area contributed by atoms with Crippen molar-refractivity contribution < 1.29 is 28.7 Å². The molecule has 2 aliphatic carbocycles. The molecule has 4 N–H and O–H groups in total. The largest absolute Gasteiger partial charge is 0.453 e. The van der Waals surface area contributed by atoms with E-state index in [4.69, 9.17) is 19.4 Å². The number of hydrogen-bond acceptors (Lipinski definition) is 8. The Morgan fingerprint density at radius 1 is 0.797 bits per heavy atom. The molecule has 2 saturated heterocycles. The number of nitrogens with one attached hydrogen (secondary N) is 4. The summed E-state index contributed by atoms with van der Waals surface area (Å²) >= 11 is 0. The Morgan fingerprint density at radius 2 is 1.42 bits per heavy atom. The molecule has 1 unspecified atom stereocenters. The summed E-state index contributed by atoms with van der Waals surface area (Å²) < 4.78 is 9.63. The Hall–Kier alpha value is -5.84. The summed E-state index contributed by atoms with van der Waals surface area (Å²) in [7, 11) is 2.60. The van der Waals surface area contributed by atoms with Gasteiger partial charge in [0.05, 0.1) is 49.2 Å². The lowest BCUT2D eigenvalue weighted by Crippen LogP contribution is -2.51. The van der Waals surface area contributed by atoms with Crippen molar-refractivity contribution in [2.75, 3.05) is 27.3 Å². The van der Waals surface area contributed by atoms with Crippen LogP contribution in [0.1, 0.15) is 101 Å². The highest BCUT2D eigenvalue weighted by atomic mass is 16.5. The lowest BCUT2D eigenvalue weighted by molar-refractivity contribution is -0.136. The molecular formula is C45H54N8O6. The standard InChI is InChI=1S/C45H54N8O6/c1-25(2)37(50-43(56)58-5)41(54)52-23-31(29-14-15-29)20-35(52)39-46-22-34(49-39)30-12-9-27(10-13-30)7-8-28-11-16-32-33(19-28)48-40(47-32)36-21-45(17-18-45)24-53(36)42(55)38(26(3)4)51-44(57)59-6/h9-13,16,19,22,25-26,29,31,35-38H,14-15,17-18,20-21,23-24H2,1-6H3,(H,46,49)(H,47,48)(H,50,56)(H,51,57)/t31?,35-,36-,37-,38+/m0/s1. The average molecular weight is 803 g/mol. The van der Waals surface area contributed by atoms with Crippen molar-refractivity contribution in [1.29, 1.82) is 0 Å². The third-order valence-corrected chi connectivity index (χ3v) is 12.7. The summed E-state index contributed by atoms with van der Waals surface area (Å²) in [4.78, 5) is 72.5. The fraction of sp³-hybridized carbons (Fsp3) is 0.511. The Morgan fingerprint density at radius 3 is 2.03 bits per heavy atom. The molecule has 0 radical (unpaired) electrons. The Labute approximate surface area is 344 Å². The van der Waals surface area contributed by atoms with E-state index in [9.17, 15) is 19.2 Å². The fourth-order valence-electron chi connectivity index (χ4n) is 8.90. The molecule has 2 aromatic carbocycles. The van der Waals surface area contributed by atoms with Crippen LogP contribution in [0.4, 0.5) is 9.59 Å². The summed E-state index contributed by atoms with van der Waals surface area (Å²) in [6.45, 7) is 8.97. The first-order chi connectivity index (χ1) is 28.3. The maximum atomic E-state index is 13.9. The van der Waals surface area contributed by atoms with Crippen molar-refractivity contribution in [1.82, 2.24) is 40.4 Å². The van der Waals surface area contributed by atoms with E-state index in [0.717, 1.165) is 70.7 Å². The Kier molecular flexibility index (Phi) is 10.9. The van der Waals surface area contributed by atoms with Gasteiger partial charge >= 0.3 is 12.2 Å². The van der Waals surface area contributed by atoms with Crippen LogP contribution in [-0.4, -0.2) is 93.1 Å². The summed E-state index contributed by atoms with van der Waals surface area (Å²) in [5.41, 5.74) is 5.25. The van der Waals surface area contributed by atoms with Crippen molar-refractivity contribution in [2.45, 2.75) is 90.4 Å². The number of benzene rings is 2. The van der Waals surface area contributed by atoms with Crippen LogP contribution in [0.15, 0.2) is 48.7 Å². The molecule has 310 valence electrons. The van der Waals surface area contributed by atoms with E-state index < -0.39 is 24.3 Å². The van der Waals surface area contributed by atoms with Crippen LogP contribution >= 0.6 is 0 Å². The zero-order valence-electron chi connectivity index (χ0n) is 34.6. The lowest BCUT2D eigenvalue weighted by atomic mass is 10.0. The number of rotatable bonds is 10. The number of aromatic amines is 2. The van der Waals surface area contributed by atoms with Crippen LogP contribution in [0, 0.1) is 40.9 Å². The monoisotopic (exact) mass is 802 g/mol. The van der Waals surface area contributed by atoms with E-state index in [2.05, 4.69) is 32.4 Å². The van der Waals surface area contributed by atoms with Gasteiger partial charge in [-0.15, -0.1) is 0 Å². The molecule has 4 aliphatic rings. The van der Waals surface area contributed by atoms with E-state index in [0.29, 0.717) is 24.9 Å². The topological polar surface area (TPSA) is 175 Å². The quantitative estimate of drug-likeness (QED) is 0.132. The number of methoxy groups -OCH3 is 2. The summed E-state index contributed by atoms with van der Waals surface area (Å²) in [6, 6.07) is 12.1. The minimum atomic E-state index is -0.696. The molecule has 2 aliphatic heterocycles. The van der Waals surface area contributed by atoms with Crippen LogP contribution in [-0.2, 0) is 19.1 Å². The molecule has 4 heterocycles. The number of aromatic nitrogens is 4. The maximum absolute atomic E-state index is 13.9. The first-order valence-corrected chi connectivity index (χ1v) is 20.8. The Balaban J connectivity index is 0.959. The number of hydrogen-bond donors (Lipinski definition) is 4. The lowest BCUT2D eigenvalue weighted by Gasteiger charge is -2.30. The zero-order chi connectivity index (χ0) is 41.6. The zero-order valence-corrected chi connectivity index (χ0v) is 34.6. The normalized spacial score (nSPS) is 21.7. The number of imidazole rings is 2. The van der Waals surface area contributed by atoms with E-state index >= 15 is 0 Å². The number of fused-ring (bicyclic) bond motifs is 1. The van der Waals surface area contributed by atoms with Crippen molar-refractivity contribution in [3.8, 4) is 23.1 Å². The van der Waals surface area contributed by atoms with E-state index in [1.165, 1.54) is 27.1 Å². The molecule has 0 bridgehead atoms. The van der Waals surface area contributed by atoms with Crippen molar-refractivity contribution in [3.63, 3.8) is 0 Å². The number of likely N-dealkylation sites (tertiary alicyclic amines) is 2. The predicted molar refractivity (Wildman–Crippen MR) is 220 cm³/mol. The van der Waals surface area contributed by atoms with Gasteiger partial charge in [-0.25, -0.2) is 19.6 Å². The molecule has 2 aromatic heterocycles. The van der Waals surface area contributed by atoms with Crippen molar-refractivity contribution >= 4 is 35.0 Å². The van der Waals surface area contributed by atoms with Gasteiger partial charge in [-0.2, -0.15) is 0 Å². The van der Waals surface area contributed by atoms with Crippen molar-refractivity contribution in [3.05, 3.63) is 71.4 Å². The second kappa shape index (κ2) is 16.1. The van der Waals surface area contributed by atoms with Crippen LogP contribution in [0.25, 0.3) is 22.3 Å². The molecule has 59 heavy (non-hydrogen) atoms. The van der Waals surface area contributed by atoms with Crippen LogP contribution in [0.2, 0.25) is 0 Å². The molecule has 8 rings (SSSR count). The number of ether oxygens (including phenoxy) is 2. The summed E-state index contributed by atoms with van der Waals surface area (Å²) in [5, 5.41) is 5.49. The summed E-state index contributed by atoms with van der Waals surface area (Å²) in [5.74, 6) is 8.64. The molecule has 5 atom stereocenters. The number of alkyl carbamates (subject to hydrolysis) is 2. The second-order valence-electron chi connectivity index (χ2n) is 17.6. The molecule has 14 heteroatoms. The van der Waals surface area contributed by atoms with Gasteiger partial charge in [0.15, 0.2) is 0 Å². The van der Waals surface area contributed by atoms with Crippen LogP contribution in [0.5, 0.6) is 0 Å². The van der Waals surface area contributed by atoms with E-state index in [1.54, 1.807) is 0 Å². The molecule has 4 amide bonds. The molecule has 1 spiro atoms. The highest BCUT2D eigenvalue weighted by Gasteiger charge is 2.55.